The van der Waals surface area contributed by atoms with Crippen LogP contribution in [0.3, 0.4) is 0 Å². The Bertz CT molecular complexity index is 2800. The van der Waals surface area contributed by atoms with Crippen molar-refractivity contribution < 1.29 is 9.59 Å². The molecule has 3 aromatic heterocycles. The number of piperazine rings is 1. The lowest BCUT2D eigenvalue weighted by molar-refractivity contribution is -0.136. The molecule has 3 aromatic carbocycles. The van der Waals surface area contributed by atoms with E-state index in [0.29, 0.717) is 34.1 Å². The van der Waals surface area contributed by atoms with E-state index in [1.165, 1.54) is 15.4 Å². The normalized spacial score (nSPS) is 17.7. The van der Waals surface area contributed by atoms with Crippen LogP contribution in [0.25, 0.3) is 33.4 Å². The van der Waals surface area contributed by atoms with Crippen LogP contribution in [0.2, 0.25) is 0 Å². The molecule has 1 unspecified atom stereocenters. The number of hydrogen-bond donors (Lipinski definition) is 1. The van der Waals surface area contributed by atoms with Crippen molar-refractivity contribution in [3.8, 4) is 28.7 Å². The second kappa shape index (κ2) is 16.9. The number of anilines is 2. The van der Waals surface area contributed by atoms with Gasteiger partial charge in [0.15, 0.2) is 5.82 Å². The molecule has 15 heteroatoms. The summed E-state index contributed by atoms with van der Waals surface area (Å²) in [6.07, 6.45) is 6.33. The summed E-state index contributed by atoms with van der Waals surface area (Å²) in [5, 5.41) is 22.0. The van der Waals surface area contributed by atoms with E-state index in [1.807, 2.05) is 61.8 Å². The predicted octanol–water partition coefficient (Wildman–Crippen LogP) is 4.32. The average molecular weight is 816 g/mol. The van der Waals surface area contributed by atoms with Gasteiger partial charge in [-0.3, -0.25) is 29.4 Å². The maximum Gasteiger partial charge on any atom is 0.275 e. The van der Waals surface area contributed by atoms with Crippen LogP contribution in [0, 0.1) is 24.2 Å². The van der Waals surface area contributed by atoms with Gasteiger partial charge in [-0.25, -0.2) is 19.3 Å². The highest BCUT2D eigenvalue weighted by molar-refractivity contribution is 5.99. The number of aromatic nitrogens is 6. The summed E-state index contributed by atoms with van der Waals surface area (Å²) in [6.45, 7) is 8.66. The highest BCUT2D eigenvalue weighted by Gasteiger charge is 2.31. The lowest BCUT2D eigenvalue weighted by atomic mass is 9.95. The zero-order valence-corrected chi connectivity index (χ0v) is 33.9. The Morgan fingerprint density at radius 1 is 0.754 bits per heavy atom. The standard InChI is InChI=1S/C46H45N11O4/c1-30-38-9-8-36(24-39(38)46(61)57(51-30)41-11-12-42(58)50-45(41)60)54-16-14-31(15-17-54)28-53-18-20-55(21-19-53)37-26-48-44(49-27-37)35-7-3-5-33(23-35)29-56-43(59)13-10-40(52-56)34-6-2-4-32(22-34)25-47/h2-10,13,22-24,26-27,31,41H,11-12,14-21,28-29H2,1H3,(H,50,58,60). The molecule has 0 bridgehead atoms. The molecule has 6 heterocycles. The van der Waals surface area contributed by atoms with Crippen LogP contribution >= 0.6 is 0 Å². The second-order valence-electron chi connectivity index (χ2n) is 16.1. The quantitative estimate of drug-likeness (QED) is 0.205. The second-order valence-corrected chi connectivity index (χ2v) is 16.1. The van der Waals surface area contributed by atoms with Crippen LogP contribution < -0.4 is 26.2 Å². The summed E-state index contributed by atoms with van der Waals surface area (Å²) in [5.74, 6) is 0.383. The molecule has 1 N–H and O–H groups in total. The predicted molar refractivity (Wildman–Crippen MR) is 231 cm³/mol. The fourth-order valence-electron chi connectivity index (χ4n) is 8.74. The van der Waals surface area contributed by atoms with Gasteiger partial charge in [0.1, 0.15) is 6.04 Å². The number of nitriles is 1. The molecule has 1 atom stereocenters. The number of carbonyl (C=O) groups excluding carboxylic acids is 2. The number of nitrogens with one attached hydrogen (secondary N) is 1. The summed E-state index contributed by atoms with van der Waals surface area (Å²) in [5.41, 5.74) is 5.80. The third-order valence-electron chi connectivity index (χ3n) is 12.1. The third-order valence-corrected chi connectivity index (χ3v) is 12.1. The summed E-state index contributed by atoms with van der Waals surface area (Å²) in [7, 11) is 0. The Hall–Kier alpha value is -7.05. The van der Waals surface area contributed by atoms with Crippen LogP contribution in [0.5, 0.6) is 0 Å². The fourth-order valence-corrected chi connectivity index (χ4v) is 8.74. The van der Waals surface area contributed by atoms with Gasteiger partial charge < -0.3 is 9.80 Å². The van der Waals surface area contributed by atoms with E-state index < -0.39 is 11.9 Å². The molecule has 0 spiro atoms. The summed E-state index contributed by atoms with van der Waals surface area (Å²) < 4.78 is 2.68. The number of nitrogens with zero attached hydrogens (tertiary/aromatic N) is 10. The minimum Gasteiger partial charge on any atom is -0.371 e. The maximum atomic E-state index is 13.6. The number of hydrogen-bond acceptors (Lipinski definition) is 12. The van der Waals surface area contributed by atoms with Crippen LogP contribution in [0.15, 0.2) is 101 Å². The van der Waals surface area contributed by atoms with Crippen molar-refractivity contribution in [2.75, 3.05) is 55.6 Å². The van der Waals surface area contributed by atoms with Crippen LogP contribution in [0.4, 0.5) is 11.4 Å². The van der Waals surface area contributed by atoms with Crippen molar-refractivity contribution >= 4 is 34.0 Å². The minimum absolute atomic E-state index is 0.180. The number of fused-ring (bicyclic) bond motifs is 1. The van der Waals surface area contributed by atoms with E-state index in [2.05, 4.69) is 42.3 Å². The van der Waals surface area contributed by atoms with Gasteiger partial charge in [0.25, 0.3) is 17.0 Å². The van der Waals surface area contributed by atoms with Crippen molar-refractivity contribution in [1.82, 2.24) is 39.7 Å². The Balaban J connectivity index is 0.776. The molecule has 308 valence electrons. The van der Waals surface area contributed by atoms with E-state index in [4.69, 9.17) is 9.97 Å². The lowest BCUT2D eigenvalue weighted by Crippen LogP contribution is -2.49. The summed E-state index contributed by atoms with van der Waals surface area (Å²) in [4.78, 5) is 67.3. The Kier molecular flexibility index (Phi) is 10.9. The van der Waals surface area contributed by atoms with E-state index in [0.717, 1.165) is 92.1 Å². The fraction of sp³-hybridized carbons (Fsp3) is 0.326. The Labute approximate surface area is 351 Å². The molecule has 3 aliphatic heterocycles. The monoisotopic (exact) mass is 815 g/mol. The first-order chi connectivity index (χ1) is 29.7. The van der Waals surface area contributed by atoms with Crippen molar-refractivity contribution in [2.24, 2.45) is 5.92 Å². The molecule has 2 amide bonds. The molecule has 3 saturated heterocycles. The Morgan fingerprint density at radius 3 is 2.28 bits per heavy atom. The number of carbonyl (C=O) groups is 2. The molecule has 3 aliphatic rings. The number of imide groups is 1. The molecular formula is C46H45N11O4. The smallest absolute Gasteiger partial charge is 0.275 e. The van der Waals surface area contributed by atoms with Gasteiger partial charge in [0.2, 0.25) is 5.91 Å². The topological polar surface area (TPSA) is 175 Å². The Morgan fingerprint density at radius 2 is 1.51 bits per heavy atom. The number of rotatable bonds is 9. The number of amides is 2. The SMILES string of the molecule is Cc1nn(C2CCC(=O)NC2=O)c(=O)c2cc(N3CCC(CN4CCN(c5cnc(-c6cccc(Cn7nc(-c8cccc(C#N)c8)ccc7=O)c6)nc5)CC4)CC3)ccc12. The number of piperidine rings is 2. The first-order valence-corrected chi connectivity index (χ1v) is 20.8. The molecule has 6 aromatic rings. The first kappa shape index (κ1) is 39.4. The number of benzene rings is 3. The molecule has 0 saturated carbocycles. The van der Waals surface area contributed by atoms with E-state index in [-0.39, 0.29) is 36.4 Å². The molecule has 0 radical (unpaired) electrons. The molecule has 3 fully saturated rings. The highest BCUT2D eigenvalue weighted by atomic mass is 16.2. The number of aryl methyl sites for hydroxylation is 1. The van der Waals surface area contributed by atoms with Crippen LogP contribution in [0.1, 0.15) is 48.5 Å². The van der Waals surface area contributed by atoms with E-state index in [1.54, 1.807) is 24.3 Å². The van der Waals surface area contributed by atoms with Gasteiger partial charge in [0.05, 0.1) is 53.0 Å². The van der Waals surface area contributed by atoms with Crippen LogP contribution in [-0.4, -0.2) is 92.1 Å². The van der Waals surface area contributed by atoms with Gasteiger partial charge in [-0.05, 0) is 74.1 Å². The largest absolute Gasteiger partial charge is 0.371 e. The summed E-state index contributed by atoms with van der Waals surface area (Å²) in [6, 6.07) is 25.5. The van der Waals surface area contributed by atoms with E-state index in [9.17, 15) is 24.4 Å². The van der Waals surface area contributed by atoms with Gasteiger partial charge in [-0.1, -0.05) is 36.4 Å². The minimum atomic E-state index is -0.795. The van der Waals surface area contributed by atoms with Crippen molar-refractivity contribution in [1.29, 1.82) is 5.26 Å². The van der Waals surface area contributed by atoms with Gasteiger partial charge in [-0.15, -0.1) is 0 Å². The molecule has 15 nitrogen and oxygen atoms in total. The third kappa shape index (κ3) is 8.40. The first-order valence-electron chi connectivity index (χ1n) is 20.8. The molecule has 61 heavy (non-hydrogen) atoms. The van der Waals surface area contributed by atoms with Gasteiger partial charge >= 0.3 is 0 Å². The average Bonchev–Trinajstić information content (AvgIpc) is 3.29. The zero-order valence-electron chi connectivity index (χ0n) is 33.9. The molecule has 0 aliphatic carbocycles. The molecule has 9 rings (SSSR count). The van der Waals surface area contributed by atoms with Gasteiger partial charge in [-0.2, -0.15) is 15.5 Å². The van der Waals surface area contributed by atoms with E-state index >= 15 is 0 Å². The van der Waals surface area contributed by atoms with Crippen molar-refractivity contribution in [2.45, 2.75) is 45.2 Å². The van der Waals surface area contributed by atoms with Crippen molar-refractivity contribution in [3.63, 3.8) is 0 Å². The van der Waals surface area contributed by atoms with Crippen LogP contribution in [-0.2, 0) is 16.1 Å². The highest BCUT2D eigenvalue weighted by Crippen LogP contribution is 2.29. The summed E-state index contributed by atoms with van der Waals surface area (Å²) >= 11 is 0. The maximum absolute atomic E-state index is 13.6. The van der Waals surface area contributed by atoms with Crippen molar-refractivity contribution in [3.05, 3.63) is 129 Å². The zero-order chi connectivity index (χ0) is 42.0. The van der Waals surface area contributed by atoms with Gasteiger partial charge in [0, 0.05) is 80.5 Å². The lowest BCUT2D eigenvalue weighted by Gasteiger charge is -2.40. The molecular weight excluding hydrogens is 771 g/mol.